The van der Waals surface area contributed by atoms with Gasteiger partial charge in [0.15, 0.2) is 5.69 Å². The Morgan fingerprint density at radius 3 is 2.62 bits per heavy atom. The van der Waals surface area contributed by atoms with Crippen LogP contribution >= 0.6 is 0 Å². The lowest BCUT2D eigenvalue weighted by molar-refractivity contribution is -0.117. The molecule has 26 heavy (non-hydrogen) atoms. The predicted molar refractivity (Wildman–Crippen MR) is 97.9 cm³/mol. The normalized spacial score (nSPS) is 16.1. The molecular formula is C18H24N6O2. The minimum atomic E-state index is -0.689. The number of rotatable bonds is 5. The molecule has 2 heterocycles. The molecule has 1 atom stereocenters. The number of hydrogen-bond donors (Lipinski definition) is 3. The highest BCUT2D eigenvalue weighted by molar-refractivity contribution is 6.00. The number of hydrogen-bond acceptors (Lipinski definition) is 5. The Bertz CT molecular complexity index is 767. The van der Waals surface area contributed by atoms with Gasteiger partial charge in [-0.3, -0.25) is 9.59 Å². The molecule has 138 valence electrons. The Kier molecular flexibility index (Phi) is 5.62. The molecule has 0 radical (unpaired) electrons. The topological polar surface area (TPSA) is 101 Å². The van der Waals surface area contributed by atoms with Gasteiger partial charge in [0.1, 0.15) is 6.04 Å². The highest BCUT2D eigenvalue weighted by Crippen LogP contribution is 2.20. The van der Waals surface area contributed by atoms with E-state index < -0.39 is 11.9 Å². The smallest absolute Gasteiger partial charge is 0.274 e. The summed E-state index contributed by atoms with van der Waals surface area (Å²) in [6, 6.07) is 8.69. The molecule has 1 fully saturated rings. The van der Waals surface area contributed by atoms with Crippen LogP contribution in [0.5, 0.6) is 0 Å². The van der Waals surface area contributed by atoms with E-state index in [1.54, 1.807) is 19.1 Å². The Morgan fingerprint density at radius 2 is 1.92 bits per heavy atom. The zero-order valence-corrected chi connectivity index (χ0v) is 15.0. The average Bonchev–Trinajstić information content (AvgIpc) is 3.04. The van der Waals surface area contributed by atoms with Crippen molar-refractivity contribution in [1.29, 1.82) is 0 Å². The molecule has 0 spiro atoms. The second-order valence-corrected chi connectivity index (χ2v) is 6.50. The van der Waals surface area contributed by atoms with Gasteiger partial charge in [0.2, 0.25) is 5.91 Å². The Labute approximate surface area is 152 Å². The summed E-state index contributed by atoms with van der Waals surface area (Å²) in [6.07, 6.45) is 1.92. The van der Waals surface area contributed by atoms with Crippen molar-refractivity contribution in [2.24, 2.45) is 0 Å². The van der Waals surface area contributed by atoms with Crippen molar-refractivity contribution < 1.29 is 9.59 Å². The van der Waals surface area contributed by atoms with Crippen LogP contribution in [0.1, 0.15) is 42.0 Å². The minimum Gasteiger partial charge on any atom is -0.339 e. The number of nitrogens with one attached hydrogen (secondary N) is 3. The molecule has 1 aliphatic rings. The molecular weight excluding hydrogens is 332 g/mol. The van der Waals surface area contributed by atoms with Crippen molar-refractivity contribution in [3.63, 3.8) is 0 Å². The lowest BCUT2D eigenvalue weighted by Crippen LogP contribution is -2.42. The summed E-state index contributed by atoms with van der Waals surface area (Å²) >= 11 is 0. The number of anilines is 1. The van der Waals surface area contributed by atoms with Gasteiger partial charge >= 0.3 is 0 Å². The van der Waals surface area contributed by atoms with E-state index in [0.717, 1.165) is 31.6 Å². The van der Waals surface area contributed by atoms with E-state index in [2.05, 4.69) is 26.3 Å². The summed E-state index contributed by atoms with van der Waals surface area (Å²) in [6.45, 7) is 5.35. The van der Waals surface area contributed by atoms with Gasteiger partial charge in [-0.2, -0.15) is 0 Å². The molecule has 8 heteroatoms. The maximum Gasteiger partial charge on any atom is 0.274 e. The van der Waals surface area contributed by atoms with E-state index in [9.17, 15) is 9.59 Å². The maximum absolute atomic E-state index is 12.5. The quantitative estimate of drug-likeness (QED) is 0.749. The first-order chi connectivity index (χ1) is 12.6. The van der Waals surface area contributed by atoms with E-state index in [1.807, 2.05) is 29.8 Å². The minimum absolute atomic E-state index is 0.254. The number of carbonyl (C=O) groups excluding carboxylic acids is 2. The Hall–Kier alpha value is -2.74. The largest absolute Gasteiger partial charge is 0.339 e. The number of amides is 2. The van der Waals surface area contributed by atoms with Crippen LogP contribution in [-0.4, -0.2) is 45.9 Å². The molecule has 1 aromatic carbocycles. The Balaban J connectivity index is 1.62. The SMILES string of the molecule is Cc1c(C(=O)NC(C)C(=O)Nc2ccccc2)nnn1C1CCNCC1. The van der Waals surface area contributed by atoms with Gasteiger partial charge in [0, 0.05) is 5.69 Å². The summed E-state index contributed by atoms with van der Waals surface area (Å²) in [5.74, 6) is -0.675. The average molecular weight is 356 g/mol. The fourth-order valence-corrected chi connectivity index (χ4v) is 3.05. The first kappa shape index (κ1) is 18.1. The third-order valence-corrected chi connectivity index (χ3v) is 4.58. The van der Waals surface area contributed by atoms with E-state index in [0.29, 0.717) is 5.69 Å². The third kappa shape index (κ3) is 4.08. The Morgan fingerprint density at radius 1 is 1.23 bits per heavy atom. The van der Waals surface area contributed by atoms with E-state index in [1.165, 1.54) is 0 Å². The van der Waals surface area contributed by atoms with Crippen LogP contribution in [0.15, 0.2) is 30.3 Å². The standard InChI is InChI=1S/C18H24N6O2/c1-12(17(25)21-14-6-4-3-5-7-14)20-18(26)16-13(2)24(23-22-16)15-8-10-19-11-9-15/h3-7,12,15,19H,8-11H2,1-2H3,(H,20,26)(H,21,25). The highest BCUT2D eigenvalue weighted by Gasteiger charge is 2.24. The summed E-state index contributed by atoms with van der Waals surface area (Å²) < 4.78 is 1.82. The molecule has 0 bridgehead atoms. The highest BCUT2D eigenvalue weighted by atomic mass is 16.2. The van der Waals surface area contributed by atoms with Crippen molar-refractivity contribution in [3.05, 3.63) is 41.7 Å². The van der Waals surface area contributed by atoms with Crippen molar-refractivity contribution in [2.45, 2.75) is 38.8 Å². The molecule has 1 aliphatic heterocycles. The summed E-state index contributed by atoms with van der Waals surface area (Å²) in [5.41, 5.74) is 1.68. The fraction of sp³-hybridized carbons (Fsp3) is 0.444. The number of nitrogens with zero attached hydrogens (tertiary/aromatic N) is 3. The first-order valence-corrected chi connectivity index (χ1v) is 8.85. The van der Waals surface area contributed by atoms with Crippen LogP contribution < -0.4 is 16.0 Å². The number of benzene rings is 1. The van der Waals surface area contributed by atoms with Crippen LogP contribution in [0.2, 0.25) is 0 Å². The zero-order valence-electron chi connectivity index (χ0n) is 15.0. The third-order valence-electron chi connectivity index (χ3n) is 4.58. The molecule has 1 unspecified atom stereocenters. The predicted octanol–water partition coefficient (Wildman–Crippen LogP) is 1.27. The number of para-hydroxylation sites is 1. The van der Waals surface area contributed by atoms with Crippen LogP contribution in [0.25, 0.3) is 0 Å². The second kappa shape index (κ2) is 8.09. The van der Waals surface area contributed by atoms with Gasteiger partial charge in [-0.15, -0.1) is 5.10 Å². The zero-order chi connectivity index (χ0) is 18.5. The van der Waals surface area contributed by atoms with E-state index in [4.69, 9.17) is 0 Å². The molecule has 1 saturated heterocycles. The van der Waals surface area contributed by atoms with E-state index in [-0.39, 0.29) is 17.6 Å². The van der Waals surface area contributed by atoms with Crippen LogP contribution in [0, 0.1) is 6.92 Å². The molecule has 2 amide bonds. The van der Waals surface area contributed by atoms with Gasteiger partial charge in [-0.25, -0.2) is 4.68 Å². The monoisotopic (exact) mass is 356 g/mol. The summed E-state index contributed by atoms with van der Waals surface area (Å²) in [5, 5.41) is 17.0. The van der Waals surface area contributed by atoms with Crippen molar-refractivity contribution in [3.8, 4) is 0 Å². The lowest BCUT2D eigenvalue weighted by atomic mass is 10.1. The van der Waals surface area contributed by atoms with E-state index >= 15 is 0 Å². The molecule has 0 saturated carbocycles. The summed E-state index contributed by atoms with van der Waals surface area (Å²) in [4.78, 5) is 24.8. The van der Waals surface area contributed by atoms with Crippen LogP contribution in [-0.2, 0) is 4.79 Å². The molecule has 1 aromatic heterocycles. The number of piperidine rings is 1. The molecule has 3 N–H and O–H groups in total. The molecule has 0 aliphatic carbocycles. The second-order valence-electron chi connectivity index (χ2n) is 6.50. The lowest BCUT2D eigenvalue weighted by Gasteiger charge is -2.23. The van der Waals surface area contributed by atoms with Gasteiger partial charge in [0.25, 0.3) is 5.91 Å². The van der Waals surface area contributed by atoms with Crippen LogP contribution in [0.3, 0.4) is 0 Å². The van der Waals surface area contributed by atoms with Crippen molar-refractivity contribution in [1.82, 2.24) is 25.6 Å². The van der Waals surface area contributed by atoms with Crippen molar-refractivity contribution >= 4 is 17.5 Å². The summed E-state index contributed by atoms with van der Waals surface area (Å²) in [7, 11) is 0. The molecule has 8 nitrogen and oxygen atoms in total. The van der Waals surface area contributed by atoms with Gasteiger partial charge in [-0.05, 0) is 51.9 Å². The van der Waals surface area contributed by atoms with Crippen molar-refractivity contribution in [2.75, 3.05) is 18.4 Å². The fourth-order valence-electron chi connectivity index (χ4n) is 3.05. The number of aromatic nitrogens is 3. The van der Waals surface area contributed by atoms with Gasteiger partial charge in [0.05, 0.1) is 11.7 Å². The maximum atomic E-state index is 12.5. The van der Waals surface area contributed by atoms with Gasteiger partial charge in [-0.1, -0.05) is 23.4 Å². The number of carbonyl (C=O) groups is 2. The van der Waals surface area contributed by atoms with Gasteiger partial charge < -0.3 is 16.0 Å². The van der Waals surface area contributed by atoms with Crippen LogP contribution in [0.4, 0.5) is 5.69 Å². The molecule has 3 rings (SSSR count). The first-order valence-electron chi connectivity index (χ1n) is 8.85. The molecule has 2 aromatic rings.